The molecule has 4 heteroatoms. The van der Waals surface area contributed by atoms with E-state index in [0.29, 0.717) is 33.6 Å². The summed E-state index contributed by atoms with van der Waals surface area (Å²) in [5.74, 6) is -0.269. The Morgan fingerprint density at radius 2 is 1.14 bits per heavy atom. The van der Waals surface area contributed by atoms with E-state index in [-0.39, 0.29) is 17.1 Å². The summed E-state index contributed by atoms with van der Waals surface area (Å²) in [5, 5.41) is 6.68. The molecule has 1 aliphatic rings. The van der Waals surface area contributed by atoms with E-state index in [9.17, 15) is 9.59 Å². The van der Waals surface area contributed by atoms with E-state index in [2.05, 4.69) is 10.6 Å². The molecule has 28 heavy (non-hydrogen) atoms. The normalized spacial score (nSPS) is 13.0. The third-order valence-corrected chi connectivity index (χ3v) is 4.64. The van der Waals surface area contributed by atoms with Crippen LogP contribution < -0.4 is 10.6 Å². The van der Waals surface area contributed by atoms with E-state index in [1.165, 1.54) is 0 Å². The molecule has 1 aliphatic carbocycles. The summed E-state index contributed by atoms with van der Waals surface area (Å²) in [5.41, 5.74) is 3.67. The summed E-state index contributed by atoms with van der Waals surface area (Å²) in [6.45, 7) is 6.08. The Morgan fingerprint density at radius 3 is 1.71 bits per heavy atom. The Morgan fingerprint density at radius 1 is 0.643 bits per heavy atom. The predicted molar refractivity (Wildman–Crippen MR) is 113 cm³/mol. The summed E-state index contributed by atoms with van der Waals surface area (Å²) in [7, 11) is 0. The largest absolute Gasteiger partial charge is 0.380 e. The number of carbonyl (C=O) groups is 2. The van der Waals surface area contributed by atoms with E-state index in [1.807, 2.05) is 63.2 Å². The lowest BCUT2D eigenvalue weighted by Crippen LogP contribution is -2.30. The van der Waals surface area contributed by atoms with Crippen LogP contribution in [-0.4, -0.2) is 17.1 Å². The Kier molecular flexibility index (Phi) is 4.27. The molecule has 3 aromatic rings. The summed E-state index contributed by atoms with van der Waals surface area (Å²) in [6, 6.07) is 20.4. The minimum atomic E-state index is -0.248. The SMILES string of the molecule is CC(C)(C)Nc1ccc(Nc2ccccc2)c2c1C(=O)c1ccccc1C2=O. The van der Waals surface area contributed by atoms with Crippen molar-refractivity contribution in [1.82, 2.24) is 0 Å². The average molecular weight is 370 g/mol. The van der Waals surface area contributed by atoms with Gasteiger partial charge in [0, 0.05) is 28.0 Å². The second kappa shape index (κ2) is 6.64. The fraction of sp³-hybridized carbons (Fsp3) is 0.167. The van der Waals surface area contributed by atoms with Crippen molar-refractivity contribution in [2.24, 2.45) is 0 Å². The van der Waals surface area contributed by atoms with Gasteiger partial charge in [0.1, 0.15) is 0 Å². The third-order valence-electron chi connectivity index (χ3n) is 4.64. The lowest BCUT2D eigenvalue weighted by molar-refractivity contribution is 0.0980. The second-order valence-electron chi connectivity index (χ2n) is 7.98. The first-order valence-corrected chi connectivity index (χ1v) is 9.31. The number of nitrogens with one attached hydrogen (secondary N) is 2. The highest BCUT2D eigenvalue weighted by molar-refractivity contribution is 6.32. The molecule has 4 nitrogen and oxygen atoms in total. The molecule has 0 fully saturated rings. The van der Waals surface area contributed by atoms with Crippen molar-refractivity contribution in [2.75, 3.05) is 10.6 Å². The van der Waals surface area contributed by atoms with Gasteiger partial charge in [0.15, 0.2) is 11.6 Å². The maximum Gasteiger partial charge on any atom is 0.196 e. The summed E-state index contributed by atoms with van der Waals surface area (Å²) in [4.78, 5) is 26.7. The number of fused-ring (bicyclic) bond motifs is 2. The Hall–Kier alpha value is -3.40. The number of hydrogen-bond acceptors (Lipinski definition) is 4. The van der Waals surface area contributed by atoms with E-state index in [4.69, 9.17) is 0 Å². The highest BCUT2D eigenvalue weighted by Gasteiger charge is 2.34. The molecular weight excluding hydrogens is 348 g/mol. The Labute approximate surface area is 164 Å². The molecule has 0 aliphatic heterocycles. The van der Waals surface area contributed by atoms with Gasteiger partial charge in [-0.1, -0.05) is 42.5 Å². The van der Waals surface area contributed by atoms with Crippen molar-refractivity contribution in [3.8, 4) is 0 Å². The number of rotatable bonds is 3. The van der Waals surface area contributed by atoms with Crippen LogP contribution in [-0.2, 0) is 0 Å². The number of hydrogen-bond donors (Lipinski definition) is 2. The minimum absolute atomic E-state index is 0.131. The van der Waals surface area contributed by atoms with Gasteiger partial charge in [0.2, 0.25) is 0 Å². The van der Waals surface area contributed by atoms with Crippen LogP contribution in [0.4, 0.5) is 17.1 Å². The zero-order valence-electron chi connectivity index (χ0n) is 16.2. The van der Waals surface area contributed by atoms with E-state index < -0.39 is 0 Å². The third kappa shape index (κ3) is 3.18. The first-order chi connectivity index (χ1) is 13.3. The molecule has 140 valence electrons. The van der Waals surface area contributed by atoms with Gasteiger partial charge in [-0.05, 0) is 45.0 Å². The first kappa shape index (κ1) is 18.0. The molecule has 3 aromatic carbocycles. The zero-order chi connectivity index (χ0) is 19.9. The van der Waals surface area contributed by atoms with E-state index in [1.54, 1.807) is 24.3 Å². The molecule has 0 saturated carbocycles. The van der Waals surface area contributed by atoms with Gasteiger partial charge in [0.25, 0.3) is 0 Å². The summed E-state index contributed by atoms with van der Waals surface area (Å²) < 4.78 is 0. The Bertz CT molecular complexity index is 1080. The molecule has 0 heterocycles. The summed E-state index contributed by atoms with van der Waals surface area (Å²) in [6.07, 6.45) is 0. The Balaban J connectivity index is 1.92. The highest BCUT2D eigenvalue weighted by Crippen LogP contribution is 2.38. The van der Waals surface area contributed by atoms with Crippen LogP contribution in [0.5, 0.6) is 0 Å². The predicted octanol–water partition coefficient (Wildman–Crippen LogP) is 5.42. The fourth-order valence-corrected chi connectivity index (χ4v) is 3.51. The van der Waals surface area contributed by atoms with Crippen molar-refractivity contribution in [1.29, 1.82) is 0 Å². The number of anilines is 3. The maximum atomic E-state index is 13.4. The van der Waals surface area contributed by atoms with Gasteiger partial charge >= 0.3 is 0 Å². The van der Waals surface area contributed by atoms with E-state index in [0.717, 1.165) is 5.69 Å². The lowest BCUT2D eigenvalue weighted by Gasteiger charge is -2.28. The number of carbonyl (C=O) groups excluding carboxylic acids is 2. The van der Waals surface area contributed by atoms with Crippen LogP contribution in [0.1, 0.15) is 52.6 Å². The molecule has 0 bridgehead atoms. The van der Waals surface area contributed by atoms with Crippen LogP contribution in [0, 0.1) is 0 Å². The molecule has 4 rings (SSSR count). The smallest absolute Gasteiger partial charge is 0.196 e. The maximum absolute atomic E-state index is 13.4. The van der Waals surface area contributed by atoms with Gasteiger partial charge in [-0.15, -0.1) is 0 Å². The standard InChI is InChI=1S/C24H22N2O2/c1-24(2,3)26-19-14-13-18(25-15-9-5-4-6-10-15)20-21(19)23(28)17-12-8-7-11-16(17)22(20)27/h4-14,25-26H,1-3H3. The zero-order valence-corrected chi connectivity index (χ0v) is 16.2. The minimum Gasteiger partial charge on any atom is -0.380 e. The lowest BCUT2D eigenvalue weighted by atomic mass is 9.82. The van der Waals surface area contributed by atoms with Crippen LogP contribution in [0.25, 0.3) is 0 Å². The molecule has 0 amide bonds. The number of ketones is 2. The van der Waals surface area contributed by atoms with Gasteiger partial charge in [-0.25, -0.2) is 0 Å². The van der Waals surface area contributed by atoms with Crippen molar-refractivity contribution >= 4 is 28.6 Å². The molecule has 0 unspecified atom stereocenters. The van der Waals surface area contributed by atoms with Gasteiger partial charge in [0.05, 0.1) is 16.8 Å². The summed E-state index contributed by atoms with van der Waals surface area (Å²) >= 11 is 0. The van der Waals surface area contributed by atoms with Crippen LogP contribution in [0.3, 0.4) is 0 Å². The van der Waals surface area contributed by atoms with Crippen LogP contribution >= 0.6 is 0 Å². The molecule has 0 radical (unpaired) electrons. The highest BCUT2D eigenvalue weighted by atomic mass is 16.1. The van der Waals surface area contributed by atoms with Gasteiger partial charge < -0.3 is 10.6 Å². The number of benzene rings is 3. The number of para-hydroxylation sites is 1. The molecule has 0 atom stereocenters. The molecule has 0 saturated heterocycles. The quantitative estimate of drug-likeness (QED) is 0.506. The first-order valence-electron chi connectivity index (χ1n) is 9.31. The van der Waals surface area contributed by atoms with Gasteiger partial charge in [-0.3, -0.25) is 9.59 Å². The molecule has 2 N–H and O–H groups in total. The second-order valence-corrected chi connectivity index (χ2v) is 7.98. The van der Waals surface area contributed by atoms with Crippen molar-refractivity contribution in [3.05, 3.63) is 89.0 Å². The van der Waals surface area contributed by atoms with Gasteiger partial charge in [-0.2, -0.15) is 0 Å². The van der Waals surface area contributed by atoms with Crippen LogP contribution in [0.15, 0.2) is 66.7 Å². The topological polar surface area (TPSA) is 58.2 Å². The molecule has 0 aromatic heterocycles. The van der Waals surface area contributed by atoms with Crippen LogP contribution in [0.2, 0.25) is 0 Å². The van der Waals surface area contributed by atoms with Crippen molar-refractivity contribution < 1.29 is 9.59 Å². The van der Waals surface area contributed by atoms with Crippen molar-refractivity contribution in [2.45, 2.75) is 26.3 Å². The van der Waals surface area contributed by atoms with Crippen molar-refractivity contribution in [3.63, 3.8) is 0 Å². The van der Waals surface area contributed by atoms with E-state index >= 15 is 0 Å². The average Bonchev–Trinajstić information content (AvgIpc) is 2.67. The monoisotopic (exact) mass is 370 g/mol. The fourth-order valence-electron chi connectivity index (χ4n) is 3.51. The molecular formula is C24H22N2O2. The molecule has 0 spiro atoms.